The number of aromatic nitrogens is 2. The summed E-state index contributed by atoms with van der Waals surface area (Å²) in [5, 5.41) is 15.5. The Morgan fingerprint density at radius 2 is 2.14 bits per heavy atom. The fraction of sp³-hybridized carbons (Fsp3) is 0.778. The monoisotopic (exact) mass is 199 g/mol. The maximum absolute atomic E-state index is 8.55. The molecule has 0 aliphatic carbocycles. The van der Waals surface area contributed by atoms with Crippen LogP contribution < -0.4 is 5.32 Å². The predicted molar refractivity (Wildman–Crippen MR) is 51.6 cm³/mol. The van der Waals surface area contributed by atoms with Crippen LogP contribution in [0.3, 0.4) is 0 Å². The van der Waals surface area contributed by atoms with E-state index >= 15 is 0 Å². The van der Waals surface area contributed by atoms with E-state index in [4.69, 9.17) is 5.11 Å². The molecule has 14 heavy (non-hydrogen) atoms. The van der Waals surface area contributed by atoms with Crippen molar-refractivity contribution in [2.45, 2.75) is 32.2 Å². The molecule has 0 aromatic carbocycles. The van der Waals surface area contributed by atoms with Crippen LogP contribution in [0.15, 0.2) is 10.9 Å². The van der Waals surface area contributed by atoms with Gasteiger partial charge in [-0.25, -0.2) is 0 Å². The Labute approximate surface area is 83.5 Å². The molecule has 0 saturated carbocycles. The first-order valence-corrected chi connectivity index (χ1v) is 5.00. The van der Waals surface area contributed by atoms with Gasteiger partial charge in [-0.05, 0) is 19.4 Å². The van der Waals surface area contributed by atoms with Gasteiger partial charge in [0, 0.05) is 6.61 Å². The third-order valence-corrected chi connectivity index (χ3v) is 1.95. The van der Waals surface area contributed by atoms with Crippen molar-refractivity contribution in [3.05, 3.63) is 12.2 Å². The van der Waals surface area contributed by atoms with Crippen molar-refractivity contribution in [1.82, 2.24) is 15.5 Å². The summed E-state index contributed by atoms with van der Waals surface area (Å²) >= 11 is 0. The van der Waals surface area contributed by atoms with Crippen LogP contribution in [0.2, 0.25) is 0 Å². The molecule has 0 radical (unpaired) electrons. The van der Waals surface area contributed by atoms with E-state index in [9.17, 15) is 0 Å². The van der Waals surface area contributed by atoms with E-state index in [1.807, 2.05) is 0 Å². The molecule has 1 aromatic rings. The lowest BCUT2D eigenvalue weighted by molar-refractivity contribution is 0.282. The SMILES string of the molecule is OCCCCCCNCc1ncon1. The van der Waals surface area contributed by atoms with Crippen LogP contribution in [0.4, 0.5) is 0 Å². The number of nitrogens with one attached hydrogen (secondary N) is 1. The third kappa shape index (κ3) is 4.94. The molecule has 0 saturated heterocycles. The fourth-order valence-electron chi connectivity index (χ4n) is 1.19. The molecule has 0 aliphatic heterocycles. The number of nitrogens with zero attached hydrogens (tertiary/aromatic N) is 2. The quantitative estimate of drug-likeness (QED) is 0.603. The molecule has 0 bridgehead atoms. The first kappa shape index (κ1) is 11.1. The molecule has 0 spiro atoms. The fourth-order valence-corrected chi connectivity index (χ4v) is 1.19. The van der Waals surface area contributed by atoms with E-state index in [-0.39, 0.29) is 0 Å². The number of unbranched alkanes of at least 4 members (excludes halogenated alkanes) is 3. The highest BCUT2D eigenvalue weighted by atomic mass is 16.5. The van der Waals surface area contributed by atoms with E-state index in [1.165, 1.54) is 6.39 Å². The van der Waals surface area contributed by atoms with Crippen LogP contribution in [-0.4, -0.2) is 28.4 Å². The van der Waals surface area contributed by atoms with Crippen molar-refractivity contribution < 1.29 is 9.63 Å². The normalized spacial score (nSPS) is 10.6. The van der Waals surface area contributed by atoms with E-state index in [1.54, 1.807) is 0 Å². The van der Waals surface area contributed by atoms with Crippen molar-refractivity contribution >= 4 is 0 Å². The van der Waals surface area contributed by atoms with E-state index < -0.39 is 0 Å². The molecular weight excluding hydrogens is 182 g/mol. The zero-order valence-electron chi connectivity index (χ0n) is 8.28. The number of hydrogen-bond acceptors (Lipinski definition) is 5. The van der Waals surface area contributed by atoms with E-state index in [0.717, 1.165) is 32.2 Å². The van der Waals surface area contributed by atoms with Gasteiger partial charge in [0.2, 0.25) is 6.39 Å². The number of aliphatic hydroxyl groups is 1. The Morgan fingerprint density at radius 3 is 2.86 bits per heavy atom. The maximum atomic E-state index is 8.55. The first-order valence-electron chi connectivity index (χ1n) is 5.00. The van der Waals surface area contributed by atoms with Gasteiger partial charge in [-0.2, -0.15) is 4.98 Å². The maximum Gasteiger partial charge on any atom is 0.213 e. The van der Waals surface area contributed by atoms with Crippen molar-refractivity contribution in [3.63, 3.8) is 0 Å². The lowest BCUT2D eigenvalue weighted by Gasteiger charge is -2.00. The second kappa shape index (κ2) is 7.46. The van der Waals surface area contributed by atoms with Crippen molar-refractivity contribution in [2.75, 3.05) is 13.2 Å². The summed E-state index contributed by atoms with van der Waals surface area (Å²) in [6, 6.07) is 0. The second-order valence-electron chi connectivity index (χ2n) is 3.16. The van der Waals surface area contributed by atoms with Crippen LogP contribution in [0.1, 0.15) is 31.5 Å². The topological polar surface area (TPSA) is 71.2 Å². The molecule has 5 heteroatoms. The highest BCUT2D eigenvalue weighted by molar-refractivity contribution is 4.75. The average Bonchev–Trinajstić information content (AvgIpc) is 2.69. The predicted octanol–water partition coefficient (Wildman–Crippen LogP) is 0.712. The van der Waals surface area contributed by atoms with E-state index in [0.29, 0.717) is 19.0 Å². The molecule has 1 aromatic heterocycles. The van der Waals surface area contributed by atoms with Gasteiger partial charge in [-0.1, -0.05) is 18.0 Å². The van der Waals surface area contributed by atoms with Crippen molar-refractivity contribution in [3.8, 4) is 0 Å². The summed E-state index contributed by atoms with van der Waals surface area (Å²) in [7, 11) is 0. The van der Waals surface area contributed by atoms with Gasteiger partial charge in [-0.15, -0.1) is 0 Å². The van der Waals surface area contributed by atoms with Gasteiger partial charge >= 0.3 is 0 Å². The van der Waals surface area contributed by atoms with Crippen LogP contribution in [-0.2, 0) is 6.54 Å². The molecule has 0 amide bonds. The van der Waals surface area contributed by atoms with Crippen molar-refractivity contribution in [1.29, 1.82) is 0 Å². The molecule has 80 valence electrons. The van der Waals surface area contributed by atoms with Gasteiger partial charge in [0.25, 0.3) is 0 Å². The van der Waals surface area contributed by atoms with Crippen LogP contribution in [0.25, 0.3) is 0 Å². The summed E-state index contributed by atoms with van der Waals surface area (Å²) in [4.78, 5) is 3.89. The van der Waals surface area contributed by atoms with E-state index in [2.05, 4.69) is 20.0 Å². The second-order valence-corrected chi connectivity index (χ2v) is 3.16. The van der Waals surface area contributed by atoms with Gasteiger partial charge in [0.1, 0.15) is 0 Å². The Kier molecular flexibility index (Phi) is 5.94. The molecular formula is C9H17N3O2. The summed E-state index contributed by atoms with van der Waals surface area (Å²) in [5.74, 6) is 0.695. The Bertz CT molecular complexity index is 214. The Balaban J connectivity index is 1.85. The summed E-state index contributed by atoms with van der Waals surface area (Å²) in [6.45, 7) is 1.92. The molecule has 0 aliphatic rings. The minimum atomic E-state index is 0.302. The highest BCUT2D eigenvalue weighted by Crippen LogP contribution is 1.97. The molecule has 2 N–H and O–H groups in total. The first-order chi connectivity index (χ1) is 6.93. The smallest absolute Gasteiger partial charge is 0.213 e. The zero-order valence-corrected chi connectivity index (χ0v) is 8.28. The number of hydrogen-bond donors (Lipinski definition) is 2. The third-order valence-electron chi connectivity index (χ3n) is 1.95. The molecule has 0 unspecified atom stereocenters. The lowest BCUT2D eigenvalue weighted by atomic mass is 10.2. The minimum absolute atomic E-state index is 0.302. The zero-order chi connectivity index (χ0) is 10.1. The average molecular weight is 199 g/mol. The van der Waals surface area contributed by atoms with Crippen LogP contribution in [0.5, 0.6) is 0 Å². The summed E-state index contributed by atoms with van der Waals surface area (Å²) in [6.07, 6.45) is 5.61. The molecule has 0 fully saturated rings. The van der Waals surface area contributed by atoms with Gasteiger partial charge in [-0.3, -0.25) is 0 Å². The standard InChI is InChI=1S/C9H17N3O2/c13-6-4-2-1-3-5-10-7-9-11-8-14-12-9/h8,10,13H,1-7H2. The molecule has 0 atom stereocenters. The van der Waals surface area contributed by atoms with Crippen molar-refractivity contribution in [2.24, 2.45) is 0 Å². The van der Waals surface area contributed by atoms with Gasteiger partial charge in [0.15, 0.2) is 5.82 Å². The summed E-state index contributed by atoms with van der Waals surface area (Å²) < 4.78 is 4.60. The van der Waals surface area contributed by atoms with Gasteiger partial charge in [0.05, 0.1) is 6.54 Å². The molecule has 5 nitrogen and oxygen atoms in total. The Morgan fingerprint density at radius 1 is 1.29 bits per heavy atom. The Hall–Kier alpha value is -0.940. The minimum Gasteiger partial charge on any atom is -0.396 e. The number of rotatable bonds is 8. The van der Waals surface area contributed by atoms with Crippen LogP contribution >= 0.6 is 0 Å². The lowest BCUT2D eigenvalue weighted by Crippen LogP contribution is -2.15. The summed E-state index contributed by atoms with van der Waals surface area (Å²) in [5.41, 5.74) is 0. The van der Waals surface area contributed by atoms with Gasteiger partial charge < -0.3 is 14.9 Å². The number of aliphatic hydroxyl groups excluding tert-OH is 1. The molecule has 1 heterocycles. The largest absolute Gasteiger partial charge is 0.396 e. The highest BCUT2D eigenvalue weighted by Gasteiger charge is 1.96. The molecule has 1 rings (SSSR count). The van der Waals surface area contributed by atoms with Crippen LogP contribution in [0, 0.1) is 0 Å².